The molecule has 0 aliphatic carbocycles. The first-order valence-corrected chi connectivity index (χ1v) is 8.56. The number of para-hydroxylation sites is 1. The molecule has 148 valence electrons. The van der Waals surface area contributed by atoms with Crippen LogP contribution in [0.15, 0.2) is 48.5 Å². The van der Waals surface area contributed by atoms with Crippen LogP contribution in [0.25, 0.3) is 5.69 Å². The van der Waals surface area contributed by atoms with Gasteiger partial charge in [0, 0.05) is 17.8 Å². The maximum Gasteiger partial charge on any atom is 0.361 e. The summed E-state index contributed by atoms with van der Waals surface area (Å²) in [7, 11) is 0. The number of hydrogen-bond acceptors (Lipinski definition) is 7. The summed E-state index contributed by atoms with van der Waals surface area (Å²) in [6.07, 6.45) is 0. The lowest BCUT2D eigenvalue weighted by Gasteiger charge is -2.08. The number of ether oxygens (including phenoxy) is 1. The van der Waals surface area contributed by atoms with Gasteiger partial charge in [-0.2, -0.15) is 9.90 Å². The van der Waals surface area contributed by atoms with Gasteiger partial charge in [-0.15, -0.1) is 5.10 Å². The van der Waals surface area contributed by atoms with E-state index < -0.39 is 23.4 Å². The minimum absolute atomic E-state index is 0.00756. The van der Waals surface area contributed by atoms with E-state index in [1.807, 2.05) is 18.2 Å². The minimum atomic E-state index is -0.778. The van der Waals surface area contributed by atoms with Gasteiger partial charge in [-0.3, -0.25) is 14.9 Å². The third-order valence-electron chi connectivity index (χ3n) is 3.99. The van der Waals surface area contributed by atoms with Gasteiger partial charge in [0.15, 0.2) is 12.3 Å². The molecule has 1 aromatic heterocycles. The lowest BCUT2D eigenvalue weighted by molar-refractivity contribution is -0.384. The van der Waals surface area contributed by atoms with Crippen LogP contribution in [0.2, 0.25) is 0 Å². The predicted octanol–water partition coefficient (Wildman–Crippen LogP) is 2.59. The first-order valence-electron chi connectivity index (χ1n) is 8.56. The molecule has 0 aliphatic heterocycles. The van der Waals surface area contributed by atoms with Gasteiger partial charge in [-0.25, -0.2) is 4.79 Å². The SMILES string of the molecule is Cc1cc([N+](=O)[O-])ccc1NC(=O)COC(=O)c1nn(-c2ccccc2)nc1C. The number of carbonyl (C=O) groups is 2. The van der Waals surface area contributed by atoms with E-state index in [-0.39, 0.29) is 11.4 Å². The summed E-state index contributed by atoms with van der Waals surface area (Å²) in [5.74, 6) is -1.36. The zero-order valence-electron chi connectivity index (χ0n) is 15.7. The van der Waals surface area contributed by atoms with Crippen LogP contribution in [0.3, 0.4) is 0 Å². The molecule has 1 amide bonds. The van der Waals surface area contributed by atoms with E-state index in [4.69, 9.17) is 4.74 Å². The maximum absolute atomic E-state index is 12.3. The Balaban J connectivity index is 1.62. The Morgan fingerprint density at radius 2 is 1.86 bits per heavy atom. The highest BCUT2D eigenvalue weighted by Gasteiger charge is 2.19. The highest BCUT2D eigenvalue weighted by atomic mass is 16.6. The Morgan fingerprint density at radius 1 is 1.14 bits per heavy atom. The van der Waals surface area contributed by atoms with Gasteiger partial charge >= 0.3 is 5.97 Å². The molecule has 1 N–H and O–H groups in total. The topological polar surface area (TPSA) is 129 Å². The van der Waals surface area contributed by atoms with E-state index in [2.05, 4.69) is 15.5 Å². The van der Waals surface area contributed by atoms with Crippen LogP contribution in [0.4, 0.5) is 11.4 Å². The highest BCUT2D eigenvalue weighted by molar-refractivity contribution is 5.95. The highest BCUT2D eigenvalue weighted by Crippen LogP contribution is 2.21. The molecule has 0 bridgehead atoms. The van der Waals surface area contributed by atoms with Crippen LogP contribution in [-0.4, -0.2) is 38.4 Å². The largest absolute Gasteiger partial charge is 0.451 e. The molecule has 0 saturated heterocycles. The Labute approximate surface area is 165 Å². The molecule has 3 aromatic rings. The molecular formula is C19H17N5O5. The second-order valence-electron chi connectivity index (χ2n) is 6.14. The van der Waals surface area contributed by atoms with Gasteiger partial charge in [-0.1, -0.05) is 18.2 Å². The molecule has 2 aromatic carbocycles. The van der Waals surface area contributed by atoms with Gasteiger partial charge in [0.25, 0.3) is 11.6 Å². The molecule has 0 saturated carbocycles. The number of amides is 1. The molecule has 1 heterocycles. The third kappa shape index (κ3) is 4.61. The average Bonchev–Trinajstić information content (AvgIpc) is 3.10. The number of nitro benzene ring substituents is 1. The first kappa shape index (κ1) is 19.7. The van der Waals surface area contributed by atoms with Crippen LogP contribution >= 0.6 is 0 Å². The smallest absolute Gasteiger partial charge is 0.361 e. The van der Waals surface area contributed by atoms with Crippen LogP contribution in [0.1, 0.15) is 21.7 Å². The maximum atomic E-state index is 12.3. The van der Waals surface area contributed by atoms with E-state index in [0.717, 1.165) is 0 Å². The molecule has 0 spiro atoms. The van der Waals surface area contributed by atoms with Gasteiger partial charge in [0.1, 0.15) is 0 Å². The van der Waals surface area contributed by atoms with Crippen molar-refractivity contribution in [3.63, 3.8) is 0 Å². The van der Waals surface area contributed by atoms with Gasteiger partial charge in [0.05, 0.1) is 16.3 Å². The number of nitro groups is 1. The lowest BCUT2D eigenvalue weighted by Crippen LogP contribution is -2.22. The zero-order valence-corrected chi connectivity index (χ0v) is 15.7. The number of carbonyl (C=O) groups excluding carboxylic acids is 2. The fourth-order valence-electron chi connectivity index (χ4n) is 2.53. The van der Waals surface area contributed by atoms with Crippen LogP contribution in [0, 0.1) is 24.0 Å². The fraction of sp³-hybridized carbons (Fsp3) is 0.158. The Morgan fingerprint density at radius 3 is 2.52 bits per heavy atom. The quantitative estimate of drug-likeness (QED) is 0.386. The summed E-state index contributed by atoms with van der Waals surface area (Å²) in [5, 5.41) is 21.6. The molecule has 0 unspecified atom stereocenters. The Bertz CT molecular complexity index is 1080. The zero-order chi connectivity index (χ0) is 21.0. The van der Waals surface area contributed by atoms with Crippen LogP contribution < -0.4 is 5.32 Å². The molecule has 0 radical (unpaired) electrons. The summed E-state index contributed by atoms with van der Waals surface area (Å²) < 4.78 is 5.02. The van der Waals surface area contributed by atoms with Crippen molar-refractivity contribution in [2.24, 2.45) is 0 Å². The van der Waals surface area contributed by atoms with Crippen molar-refractivity contribution in [1.29, 1.82) is 0 Å². The van der Waals surface area contributed by atoms with Crippen molar-refractivity contribution in [2.45, 2.75) is 13.8 Å². The molecule has 10 nitrogen and oxygen atoms in total. The number of rotatable bonds is 6. The van der Waals surface area contributed by atoms with Gasteiger partial charge < -0.3 is 10.1 Å². The summed E-state index contributed by atoms with van der Waals surface area (Å²) in [4.78, 5) is 35.9. The second-order valence-corrected chi connectivity index (χ2v) is 6.14. The average molecular weight is 395 g/mol. The number of aromatic nitrogens is 3. The second kappa shape index (κ2) is 8.30. The van der Waals surface area contributed by atoms with E-state index in [0.29, 0.717) is 22.6 Å². The number of nitrogens with one attached hydrogen (secondary N) is 1. The summed E-state index contributed by atoms with van der Waals surface area (Å²) in [5.41, 5.74) is 1.88. The monoisotopic (exact) mass is 395 g/mol. The molecule has 10 heteroatoms. The molecule has 3 rings (SSSR count). The van der Waals surface area contributed by atoms with E-state index in [1.165, 1.54) is 23.0 Å². The predicted molar refractivity (Wildman–Crippen MR) is 103 cm³/mol. The first-order chi connectivity index (χ1) is 13.8. The lowest BCUT2D eigenvalue weighted by atomic mass is 10.2. The number of hydrogen-bond donors (Lipinski definition) is 1. The Hall–Kier alpha value is -4.08. The standard InChI is InChI=1S/C19H17N5O5/c1-12-10-15(24(27)28)8-9-16(12)20-17(25)11-29-19(26)18-13(2)21-23(22-18)14-6-4-3-5-7-14/h3-10H,11H2,1-2H3,(H,20,25). The number of benzene rings is 2. The van der Waals surface area contributed by atoms with Crippen molar-refractivity contribution in [2.75, 3.05) is 11.9 Å². The van der Waals surface area contributed by atoms with Crippen molar-refractivity contribution in [3.8, 4) is 5.69 Å². The normalized spacial score (nSPS) is 10.4. The number of anilines is 1. The molecule has 0 atom stereocenters. The van der Waals surface area contributed by atoms with E-state index in [9.17, 15) is 19.7 Å². The molecule has 0 aliphatic rings. The molecule has 0 fully saturated rings. The van der Waals surface area contributed by atoms with Gasteiger partial charge in [-0.05, 0) is 37.6 Å². The molecular weight excluding hydrogens is 378 g/mol. The van der Waals surface area contributed by atoms with Crippen molar-refractivity contribution in [1.82, 2.24) is 15.0 Å². The summed E-state index contributed by atoms with van der Waals surface area (Å²) >= 11 is 0. The summed E-state index contributed by atoms with van der Waals surface area (Å²) in [6.45, 7) is 2.70. The van der Waals surface area contributed by atoms with Crippen molar-refractivity contribution >= 4 is 23.3 Å². The summed E-state index contributed by atoms with van der Waals surface area (Å²) in [6, 6.07) is 13.1. The third-order valence-corrected chi connectivity index (χ3v) is 3.99. The van der Waals surface area contributed by atoms with Crippen LogP contribution in [-0.2, 0) is 9.53 Å². The number of nitrogens with zero attached hydrogens (tertiary/aromatic N) is 4. The number of esters is 1. The molecule has 29 heavy (non-hydrogen) atoms. The van der Waals surface area contributed by atoms with E-state index >= 15 is 0 Å². The fourth-order valence-corrected chi connectivity index (χ4v) is 2.53. The van der Waals surface area contributed by atoms with E-state index in [1.54, 1.807) is 26.0 Å². The van der Waals surface area contributed by atoms with Crippen molar-refractivity contribution < 1.29 is 19.2 Å². The number of aryl methyl sites for hydroxylation is 2. The Kier molecular flexibility index (Phi) is 5.63. The van der Waals surface area contributed by atoms with Crippen molar-refractivity contribution in [3.05, 3.63) is 75.6 Å². The van der Waals surface area contributed by atoms with Gasteiger partial charge in [0.2, 0.25) is 0 Å². The van der Waals surface area contributed by atoms with Crippen LogP contribution in [0.5, 0.6) is 0 Å². The minimum Gasteiger partial charge on any atom is -0.451 e. The number of non-ortho nitro benzene ring substituents is 1.